The van der Waals surface area contributed by atoms with Gasteiger partial charge >= 0.3 is 0 Å². The van der Waals surface area contributed by atoms with Crippen LogP contribution in [0.5, 0.6) is 0 Å². The lowest BCUT2D eigenvalue weighted by atomic mass is 10.1. The van der Waals surface area contributed by atoms with Crippen molar-refractivity contribution in [3.8, 4) is 0 Å². The minimum absolute atomic E-state index is 0.752. The molecule has 78 valence electrons. The first kappa shape index (κ1) is 9.03. The molecule has 0 bridgehead atoms. The SMILES string of the molecule is c1ccc(Cc2ncn3nccc3n2)cc1. The summed E-state index contributed by atoms with van der Waals surface area (Å²) in [4.78, 5) is 8.68. The lowest BCUT2D eigenvalue weighted by molar-refractivity contribution is 0.849. The van der Waals surface area contributed by atoms with E-state index in [1.807, 2.05) is 24.3 Å². The number of aromatic nitrogens is 4. The normalized spacial score (nSPS) is 10.8. The first-order valence-electron chi connectivity index (χ1n) is 5.11. The summed E-state index contributed by atoms with van der Waals surface area (Å²) in [7, 11) is 0. The molecule has 0 unspecified atom stereocenters. The standard InChI is InChI=1S/C12H10N4/c1-2-4-10(5-3-1)8-11-13-9-16-12(15-11)6-7-14-16/h1-7,9H,8H2. The van der Waals surface area contributed by atoms with Crippen molar-refractivity contribution < 1.29 is 0 Å². The molecule has 0 fully saturated rings. The van der Waals surface area contributed by atoms with Gasteiger partial charge in [-0.2, -0.15) is 5.10 Å². The van der Waals surface area contributed by atoms with Crippen molar-refractivity contribution in [3.05, 3.63) is 60.3 Å². The van der Waals surface area contributed by atoms with E-state index in [0.717, 1.165) is 17.9 Å². The monoisotopic (exact) mass is 210 g/mol. The zero-order chi connectivity index (χ0) is 10.8. The lowest BCUT2D eigenvalue weighted by Gasteiger charge is -2.00. The van der Waals surface area contributed by atoms with E-state index in [9.17, 15) is 0 Å². The highest BCUT2D eigenvalue weighted by Gasteiger charge is 2.01. The molecule has 1 aromatic carbocycles. The fourth-order valence-corrected chi connectivity index (χ4v) is 1.63. The zero-order valence-electron chi connectivity index (χ0n) is 8.61. The third kappa shape index (κ3) is 1.65. The van der Waals surface area contributed by atoms with E-state index in [0.29, 0.717) is 0 Å². The Morgan fingerprint density at radius 2 is 1.94 bits per heavy atom. The van der Waals surface area contributed by atoms with E-state index >= 15 is 0 Å². The summed E-state index contributed by atoms with van der Waals surface area (Å²) in [6.45, 7) is 0. The second-order valence-corrected chi connectivity index (χ2v) is 3.57. The fraction of sp³-hybridized carbons (Fsp3) is 0.0833. The Kier molecular flexibility index (Phi) is 2.11. The molecule has 0 saturated heterocycles. The van der Waals surface area contributed by atoms with E-state index in [1.165, 1.54) is 5.56 Å². The molecule has 2 heterocycles. The summed E-state index contributed by atoms with van der Waals surface area (Å²) in [5.41, 5.74) is 2.05. The summed E-state index contributed by atoms with van der Waals surface area (Å²) in [5.74, 6) is 0.819. The van der Waals surface area contributed by atoms with Gasteiger partial charge in [-0.1, -0.05) is 30.3 Å². The Bertz CT molecular complexity index is 600. The van der Waals surface area contributed by atoms with Crippen molar-refractivity contribution in [2.24, 2.45) is 0 Å². The number of hydrogen-bond acceptors (Lipinski definition) is 3. The molecule has 3 rings (SSSR count). The van der Waals surface area contributed by atoms with Gasteiger partial charge in [0.1, 0.15) is 12.2 Å². The maximum atomic E-state index is 4.42. The molecule has 0 N–H and O–H groups in total. The third-order valence-corrected chi connectivity index (χ3v) is 2.41. The zero-order valence-corrected chi connectivity index (χ0v) is 8.61. The molecule has 16 heavy (non-hydrogen) atoms. The van der Waals surface area contributed by atoms with Crippen molar-refractivity contribution in [2.45, 2.75) is 6.42 Å². The predicted octanol–water partition coefficient (Wildman–Crippen LogP) is 1.72. The van der Waals surface area contributed by atoms with Crippen LogP contribution in [-0.4, -0.2) is 19.6 Å². The molecule has 0 amide bonds. The lowest BCUT2D eigenvalue weighted by Crippen LogP contribution is -2.00. The Morgan fingerprint density at radius 1 is 1.06 bits per heavy atom. The average molecular weight is 210 g/mol. The summed E-state index contributed by atoms with van der Waals surface area (Å²) < 4.78 is 1.66. The van der Waals surface area contributed by atoms with Crippen LogP contribution in [0, 0.1) is 0 Å². The second-order valence-electron chi connectivity index (χ2n) is 3.57. The molecule has 0 aliphatic heterocycles. The number of hydrogen-bond donors (Lipinski definition) is 0. The maximum absolute atomic E-state index is 4.42. The molecular weight excluding hydrogens is 200 g/mol. The van der Waals surface area contributed by atoms with Crippen LogP contribution in [-0.2, 0) is 6.42 Å². The van der Waals surface area contributed by atoms with E-state index in [4.69, 9.17) is 0 Å². The Labute approximate surface area is 92.6 Å². The Morgan fingerprint density at radius 3 is 2.81 bits per heavy atom. The van der Waals surface area contributed by atoms with Crippen LogP contribution in [0.25, 0.3) is 5.65 Å². The van der Waals surface area contributed by atoms with Crippen molar-refractivity contribution in [2.75, 3.05) is 0 Å². The molecule has 0 atom stereocenters. The van der Waals surface area contributed by atoms with Crippen LogP contribution in [0.4, 0.5) is 0 Å². The van der Waals surface area contributed by atoms with Gasteiger partial charge in [-0.15, -0.1) is 0 Å². The van der Waals surface area contributed by atoms with E-state index in [-0.39, 0.29) is 0 Å². The topological polar surface area (TPSA) is 43.1 Å². The summed E-state index contributed by atoms with van der Waals surface area (Å²) in [6, 6.07) is 12.1. The fourth-order valence-electron chi connectivity index (χ4n) is 1.63. The molecule has 0 saturated carbocycles. The number of benzene rings is 1. The quantitative estimate of drug-likeness (QED) is 0.646. The van der Waals surface area contributed by atoms with E-state index < -0.39 is 0 Å². The molecule has 3 aromatic rings. The van der Waals surface area contributed by atoms with E-state index in [1.54, 1.807) is 17.0 Å². The molecule has 4 heteroatoms. The molecule has 2 aromatic heterocycles. The molecule has 0 radical (unpaired) electrons. The molecule has 4 nitrogen and oxygen atoms in total. The Hall–Kier alpha value is -2.23. The van der Waals surface area contributed by atoms with Gasteiger partial charge in [0.15, 0.2) is 5.65 Å². The van der Waals surface area contributed by atoms with Crippen molar-refractivity contribution in [3.63, 3.8) is 0 Å². The average Bonchev–Trinajstić information content (AvgIpc) is 2.77. The van der Waals surface area contributed by atoms with Gasteiger partial charge in [-0.3, -0.25) is 0 Å². The van der Waals surface area contributed by atoms with Crippen molar-refractivity contribution in [1.82, 2.24) is 19.6 Å². The van der Waals surface area contributed by atoms with Gasteiger partial charge in [-0.25, -0.2) is 14.5 Å². The van der Waals surface area contributed by atoms with Crippen LogP contribution in [0.3, 0.4) is 0 Å². The third-order valence-electron chi connectivity index (χ3n) is 2.41. The minimum Gasteiger partial charge on any atom is -0.221 e. The smallest absolute Gasteiger partial charge is 0.158 e. The molecule has 0 aliphatic carbocycles. The van der Waals surface area contributed by atoms with Crippen LogP contribution < -0.4 is 0 Å². The van der Waals surface area contributed by atoms with Gasteiger partial charge in [0, 0.05) is 12.5 Å². The van der Waals surface area contributed by atoms with Gasteiger partial charge in [0.2, 0.25) is 0 Å². The maximum Gasteiger partial charge on any atom is 0.158 e. The summed E-state index contributed by atoms with van der Waals surface area (Å²) >= 11 is 0. The number of fused-ring (bicyclic) bond motifs is 1. The van der Waals surface area contributed by atoms with Crippen LogP contribution >= 0.6 is 0 Å². The largest absolute Gasteiger partial charge is 0.221 e. The van der Waals surface area contributed by atoms with Gasteiger partial charge in [0.05, 0.1) is 6.20 Å². The second kappa shape index (κ2) is 3.73. The first-order chi connectivity index (χ1) is 7.92. The van der Waals surface area contributed by atoms with Crippen LogP contribution in [0.15, 0.2) is 48.9 Å². The summed E-state index contributed by atoms with van der Waals surface area (Å²) in [6.07, 6.45) is 4.17. The summed E-state index contributed by atoms with van der Waals surface area (Å²) in [5, 5.41) is 4.06. The molecule has 0 spiro atoms. The molecule has 0 aliphatic rings. The van der Waals surface area contributed by atoms with Crippen LogP contribution in [0.2, 0.25) is 0 Å². The highest BCUT2D eigenvalue weighted by atomic mass is 15.3. The highest BCUT2D eigenvalue weighted by Crippen LogP contribution is 2.05. The molecular formula is C12H10N4. The minimum atomic E-state index is 0.752. The highest BCUT2D eigenvalue weighted by molar-refractivity contribution is 5.35. The van der Waals surface area contributed by atoms with Crippen molar-refractivity contribution in [1.29, 1.82) is 0 Å². The van der Waals surface area contributed by atoms with E-state index in [2.05, 4.69) is 27.2 Å². The van der Waals surface area contributed by atoms with Gasteiger partial charge < -0.3 is 0 Å². The van der Waals surface area contributed by atoms with Crippen LogP contribution in [0.1, 0.15) is 11.4 Å². The number of rotatable bonds is 2. The number of nitrogens with zero attached hydrogens (tertiary/aromatic N) is 4. The van der Waals surface area contributed by atoms with Gasteiger partial charge in [0.25, 0.3) is 0 Å². The van der Waals surface area contributed by atoms with Crippen molar-refractivity contribution >= 4 is 5.65 Å². The predicted molar refractivity (Wildman–Crippen MR) is 60.0 cm³/mol. The Balaban J connectivity index is 1.94. The van der Waals surface area contributed by atoms with Gasteiger partial charge in [-0.05, 0) is 5.56 Å². The first-order valence-corrected chi connectivity index (χ1v) is 5.11.